The number of nitrogens with zero attached hydrogens (tertiary/aromatic N) is 1. The maximum Gasteiger partial charge on any atom is 0.241 e. The van der Waals surface area contributed by atoms with Crippen LogP contribution in [0.3, 0.4) is 0 Å². The normalized spacial score (nSPS) is 16.2. The molecule has 1 aromatic carbocycles. The lowest BCUT2D eigenvalue weighted by Crippen LogP contribution is -2.36. The predicted molar refractivity (Wildman–Crippen MR) is 74.4 cm³/mol. The molecule has 0 spiro atoms. The molecule has 0 aliphatic carbocycles. The highest BCUT2D eigenvalue weighted by Gasteiger charge is 2.19. The first kappa shape index (κ1) is 14.2. The molecule has 1 aromatic rings. The van der Waals surface area contributed by atoms with Gasteiger partial charge in [-0.1, -0.05) is 29.3 Å². The SMILES string of the molecule is O=C1CCN(CCc2ccc(Cl)cc2Cl)C(=O)CN1. The summed E-state index contributed by atoms with van der Waals surface area (Å²) in [5.41, 5.74) is 0.947. The summed E-state index contributed by atoms with van der Waals surface area (Å²) in [7, 11) is 0. The number of carbonyl (C=O) groups is 2. The summed E-state index contributed by atoms with van der Waals surface area (Å²) >= 11 is 11.9. The van der Waals surface area contributed by atoms with Crippen molar-refractivity contribution in [3.63, 3.8) is 0 Å². The molecular weight excluding hydrogens is 287 g/mol. The summed E-state index contributed by atoms with van der Waals surface area (Å²) in [4.78, 5) is 24.7. The molecule has 4 nitrogen and oxygen atoms in total. The van der Waals surface area contributed by atoms with E-state index in [0.29, 0.717) is 36.0 Å². The first-order valence-electron chi connectivity index (χ1n) is 6.04. The van der Waals surface area contributed by atoms with E-state index in [0.717, 1.165) is 5.56 Å². The molecule has 2 amide bonds. The van der Waals surface area contributed by atoms with E-state index in [2.05, 4.69) is 5.32 Å². The second-order valence-corrected chi connectivity index (χ2v) is 5.24. The molecule has 102 valence electrons. The van der Waals surface area contributed by atoms with Gasteiger partial charge in [-0.3, -0.25) is 9.59 Å². The first-order valence-corrected chi connectivity index (χ1v) is 6.80. The minimum atomic E-state index is -0.0830. The van der Waals surface area contributed by atoms with Gasteiger partial charge in [0, 0.05) is 29.6 Å². The summed E-state index contributed by atoms with van der Waals surface area (Å²) in [6.07, 6.45) is 0.996. The van der Waals surface area contributed by atoms with E-state index in [1.165, 1.54) is 0 Å². The number of benzene rings is 1. The molecule has 0 aromatic heterocycles. The van der Waals surface area contributed by atoms with Crippen molar-refractivity contribution in [3.8, 4) is 0 Å². The molecule has 1 aliphatic rings. The maximum absolute atomic E-state index is 11.8. The second-order valence-electron chi connectivity index (χ2n) is 4.39. The Bertz CT molecular complexity index is 505. The topological polar surface area (TPSA) is 49.4 Å². The predicted octanol–water partition coefficient (Wildman–Crippen LogP) is 1.88. The highest BCUT2D eigenvalue weighted by atomic mass is 35.5. The first-order chi connectivity index (χ1) is 9.06. The lowest BCUT2D eigenvalue weighted by molar-refractivity contribution is -0.130. The van der Waals surface area contributed by atoms with Crippen LogP contribution in [0.2, 0.25) is 10.0 Å². The molecule has 2 rings (SSSR count). The van der Waals surface area contributed by atoms with Crippen LogP contribution in [-0.4, -0.2) is 36.3 Å². The lowest BCUT2D eigenvalue weighted by Gasteiger charge is -2.19. The minimum absolute atomic E-state index is 0.0593. The van der Waals surface area contributed by atoms with E-state index in [9.17, 15) is 9.59 Å². The molecule has 1 aliphatic heterocycles. The van der Waals surface area contributed by atoms with Crippen LogP contribution in [0.25, 0.3) is 0 Å². The number of carbonyl (C=O) groups excluding carboxylic acids is 2. The van der Waals surface area contributed by atoms with Gasteiger partial charge in [-0.15, -0.1) is 0 Å². The molecule has 0 radical (unpaired) electrons. The monoisotopic (exact) mass is 300 g/mol. The highest BCUT2D eigenvalue weighted by molar-refractivity contribution is 6.35. The third-order valence-electron chi connectivity index (χ3n) is 3.06. The summed E-state index contributed by atoms with van der Waals surface area (Å²) in [5.74, 6) is -0.142. The third kappa shape index (κ3) is 3.85. The molecule has 1 heterocycles. The van der Waals surface area contributed by atoms with Crippen molar-refractivity contribution in [3.05, 3.63) is 33.8 Å². The van der Waals surface area contributed by atoms with Crippen LogP contribution >= 0.6 is 23.2 Å². The smallest absolute Gasteiger partial charge is 0.241 e. The van der Waals surface area contributed by atoms with E-state index in [1.54, 1.807) is 17.0 Å². The minimum Gasteiger partial charge on any atom is -0.347 e. The fourth-order valence-electron chi connectivity index (χ4n) is 1.95. The zero-order valence-electron chi connectivity index (χ0n) is 10.3. The Morgan fingerprint density at radius 3 is 2.79 bits per heavy atom. The van der Waals surface area contributed by atoms with E-state index in [-0.39, 0.29) is 18.4 Å². The van der Waals surface area contributed by atoms with Crippen LogP contribution < -0.4 is 5.32 Å². The van der Waals surface area contributed by atoms with Crippen LogP contribution in [0.4, 0.5) is 0 Å². The Labute approximate surface area is 121 Å². The van der Waals surface area contributed by atoms with Crippen molar-refractivity contribution in [1.29, 1.82) is 0 Å². The van der Waals surface area contributed by atoms with Crippen LogP contribution in [-0.2, 0) is 16.0 Å². The van der Waals surface area contributed by atoms with Gasteiger partial charge in [0.15, 0.2) is 0 Å². The van der Waals surface area contributed by atoms with Crippen molar-refractivity contribution in [2.24, 2.45) is 0 Å². The number of hydrogen-bond donors (Lipinski definition) is 1. The van der Waals surface area contributed by atoms with Crippen LogP contribution in [0.5, 0.6) is 0 Å². The molecule has 0 bridgehead atoms. The highest BCUT2D eigenvalue weighted by Crippen LogP contribution is 2.21. The largest absolute Gasteiger partial charge is 0.347 e. The Balaban J connectivity index is 1.97. The fourth-order valence-corrected chi connectivity index (χ4v) is 2.45. The Morgan fingerprint density at radius 2 is 2.05 bits per heavy atom. The van der Waals surface area contributed by atoms with Gasteiger partial charge in [0.2, 0.25) is 11.8 Å². The van der Waals surface area contributed by atoms with Crippen molar-refractivity contribution in [2.75, 3.05) is 19.6 Å². The van der Waals surface area contributed by atoms with Gasteiger partial charge < -0.3 is 10.2 Å². The van der Waals surface area contributed by atoms with Gasteiger partial charge >= 0.3 is 0 Å². The number of nitrogens with one attached hydrogen (secondary N) is 1. The standard InChI is InChI=1S/C13H14Cl2N2O2/c14-10-2-1-9(11(15)7-10)3-5-17-6-4-12(18)16-8-13(17)19/h1-2,7H,3-6,8H2,(H,16,18). The Kier molecular flexibility index (Phi) is 4.66. The van der Waals surface area contributed by atoms with Gasteiger partial charge in [0.05, 0.1) is 6.54 Å². The Morgan fingerprint density at radius 1 is 1.26 bits per heavy atom. The van der Waals surface area contributed by atoms with E-state index < -0.39 is 0 Å². The number of hydrogen-bond acceptors (Lipinski definition) is 2. The zero-order chi connectivity index (χ0) is 13.8. The summed E-state index contributed by atoms with van der Waals surface area (Å²) in [6, 6.07) is 5.32. The van der Waals surface area contributed by atoms with Crippen molar-refractivity contribution < 1.29 is 9.59 Å². The average Bonchev–Trinajstić information content (AvgIpc) is 2.52. The van der Waals surface area contributed by atoms with Gasteiger partial charge in [-0.2, -0.15) is 0 Å². The fraction of sp³-hybridized carbons (Fsp3) is 0.385. The molecule has 0 unspecified atom stereocenters. The van der Waals surface area contributed by atoms with Gasteiger partial charge in [-0.05, 0) is 24.1 Å². The average molecular weight is 301 g/mol. The van der Waals surface area contributed by atoms with Crippen LogP contribution in [0.1, 0.15) is 12.0 Å². The van der Waals surface area contributed by atoms with Gasteiger partial charge in [0.1, 0.15) is 0 Å². The van der Waals surface area contributed by atoms with Crippen LogP contribution in [0, 0.1) is 0 Å². The molecule has 1 saturated heterocycles. The number of amides is 2. The molecular formula is C13H14Cl2N2O2. The van der Waals surface area contributed by atoms with Gasteiger partial charge in [0.25, 0.3) is 0 Å². The van der Waals surface area contributed by atoms with Crippen molar-refractivity contribution in [1.82, 2.24) is 10.2 Å². The van der Waals surface area contributed by atoms with E-state index in [1.807, 2.05) is 6.07 Å². The molecule has 0 saturated carbocycles. The molecule has 19 heavy (non-hydrogen) atoms. The zero-order valence-corrected chi connectivity index (χ0v) is 11.8. The lowest BCUT2D eigenvalue weighted by atomic mass is 10.1. The van der Waals surface area contributed by atoms with Crippen LogP contribution in [0.15, 0.2) is 18.2 Å². The van der Waals surface area contributed by atoms with Crippen molar-refractivity contribution >= 4 is 35.0 Å². The summed E-state index contributed by atoms with van der Waals surface area (Å²) < 4.78 is 0. The van der Waals surface area contributed by atoms with E-state index in [4.69, 9.17) is 23.2 Å². The number of halogens is 2. The summed E-state index contributed by atoms with van der Waals surface area (Å²) in [5, 5.41) is 3.76. The molecule has 1 fully saturated rings. The quantitative estimate of drug-likeness (QED) is 0.927. The maximum atomic E-state index is 11.8. The Hall–Kier alpha value is -1.26. The van der Waals surface area contributed by atoms with Gasteiger partial charge in [-0.25, -0.2) is 0 Å². The molecule has 0 atom stereocenters. The molecule has 6 heteroatoms. The summed E-state index contributed by atoms with van der Waals surface area (Å²) in [6.45, 7) is 1.08. The third-order valence-corrected chi connectivity index (χ3v) is 3.65. The van der Waals surface area contributed by atoms with E-state index >= 15 is 0 Å². The number of rotatable bonds is 3. The second kappa shape index (κ2) is 6.26. The van der Waals surface area contributed by atoms with Crippen molar-refractivity contribution in [2.45, 2.75) is 12.8 Å². The molecule has 1 N–H and O–H groups in total.